The molecule has 0 amide bonds. The summed E-state index contributed by atoms with van der Waals surface area (Å²) in [7, 11) is 2.97. The van der Waals surface area contributed by atoms with Gasteiger partial charge in [0.25, 0.3) is 5.88 Å². The highest BCUT2D eigenvalue weighted by molar-refractivity contribution is 6.31. The Balaban J connectivity index is 0.000000671. The molecule has 5 heteroatoms. The van der Waals surface area contributed by atoms with Gasteiger partial charge in [0.15, 0.2) is 5.15 Å². The Bertz CT molecular complexity index is 256. The average molecular weight is 205 g/mol. The van der Waals surface area contributed by atoms with E-state index in [0.29, 0.717) is 11.6 Å². The Morgan fingerprint density at radius 2 is 1.77 bits per heavy atom. The monoisotopic (exact) mass is 204 g/mol. The molecule has 74 valence electrons. The summed E-state index contributed by atoms with van der Waals surface area (Å²) in [6.07, 6.45) is 1.31. The minimum atomic E-state index is 0.249. The average Bonchev–Trinajstić information content (AvgIpc) is 2.20. The zero-order chi connectivity index (χ0) is 10.3. The lowest BCUT2D eigenvalue weighted by Crippen LogP contribution is -1.95. The third-order valence-corrected chi connectivity index (χ3v) is 1.39. The lowest BCUT2D eigenvalue weighted by molar-refractivity contribution is 0.341. The van der Waals surface area contributed by atoms with Crippen molar-refractivity contribution in [3.63, 3.8) is 0 Å². The van der Waals surface area contributed by atoms with Gasteiger partial charge in [-0.25, -0.2) is 4.98 Å². The second-order valence-corrected chi connectivity index (χ2v) is 2.07. The SMILES string of the molecule is CC.COc1ncnc(Cl)c1OC. The number of aromatic nitrogens is 2. The van der Waals surface area contributed by atoms with E-state index in [2.05, 4.69) is 9.97 Å². The summed E-state index contributed by atoms with van der Waals surface area (Å²) < 4.78 is 9.74. The van der Waals surface area contributed by atoms with Gasteiger partial charge in [0, 0.05) is 0 Å². The maximum Gasteiger partial charge on any atom is 0.261 e. The van der Waals surface area contributed by atoms with Crippen LogP contribution in [0.15, 0.2) is 6.33 Å². The van der Waals surface area contributed by atoms with Crippen LogP contribution in [0.25, 0.3) is 0 Å². The molecule has 0 saturated heterocycles. The lowest BCUT2D eigenvalue weighted by atomic mass is 10.6. The van der Waals surface area contributed by atoms with Crippen LogP contribution in [0, 0.1) is 0 Å². The number of hydrogen-bond acceptors (Lipinski definition) is 4. The van der Waals surface area contributed by atoms with E-state index in [0.717, 1.165) is 0 Å². The summed E-state index contributed by atoms with van der Waals surface area (Å²) in [5, 5.41) is 0.249. The number of hydrogen-bond donors (Lipinski definition) is 0. The highest BCUT2D eigenvalue weighted by Gasteiger charge is 2.09. The highest BCUT2D eigenvalue weighted by atomic mass is 35.5. The molecule has 0 aliphatic rings. The molecule has 0 aliphatic carbocycles. The van der Waals surface area contributed by atoms with Gasteiger partial charge >= 0.3 is 0 Å². The first-order valence-corrected chi connectivity index (χ1v) is 4.26. The van der Waals surface area contributed by atoms with Crippen LogP contribution in [0.5, 0.6) is 11.6 Å². The first-order chi connectivity index (χ1) is 6.29. The van der Waals surface area contributed by atoms with Gasteiger partial charge in [-0.15, -0.1) is 0 Å². The summed E-state index contributed by atoms with van der Waals surface area (Å²) in [4.78, 5) is 7.49. The second kappa shape index (κ2) is 6.48. The van der Waals surface area contributed by atoms with Crippen LogP contribution < -0.4 is 9.47 Å². The molecule has 4 nitrogen and oxygen atoms in total. The third kappa shape index (κ3) is 3.06. The fraction of sp³-hybridized carbons (Fsp3) is 0.500. The first kappa shape index (κ1) is 12.0. The van der Waals surface area contributed by atoms with Crippen LogP contribution in [0.4, 0.5) is 0 Å². The summed E-state index contributed by atoms with van der Waals surface area (Å²) in [5.74, 6) is 0.698. The molecule has 0 spiro atoms. The molecule has 1 rings (SSSR count). The lowest BCUT2D eigenvalue weighted by Gasteiger charge is -2.04. The Morgan fingerprint density at radius 1 is 1.15 bits per heavy atom. The first-order valence-electron chi connectivity index (χ1n) is 3.88. The van der Waals surface area contributed by atoms with Crippen molar-refractivity contribution < 1.29 is 9.47 Å². The molecule has 0 unspecified atom stereocenters. The zero-order valence-electron chi connectivity index (χ0n) is 8.17. The predicted molar refractivity (Wildman–Crippen MR) is 51.5 cm³/mol. The Hall–Kier alpha value is -1.03. The van der Waals surface area contributed by atoms with Gasteiger partial charge < -0.3 is 9.47 Å². The van der Waals surface area contributed by atoms with Crippen LogP contribution in [0.1, 0.15) is 13.8 Å². The molecular weight excluding hydrogens is 192 g/mol. The number of ether oxygens (including phenoxy) is 2. The van der Waals surface area contributed by atoms with Crippen molar-refractivity contribution in [2.75, 3.05) is 14.2 Å². The molecule has 1 heterocycles. The molecule has 0 N–H and O–H groups in total. The molecule has 0 fully saturated rings. The molecule has 1 aromatic heterocycles. The van der Waals surface area contributed by atoms with E-state index < -0.39 is 0 Å². The van der Waals surface area contributed by atoms with Gasteiger partial charge in [-0.3, -0.25) is 0 Å². The van der Waals surface area contributed by atoms with Crippen LogP contribution in [0.2, 0.25) is 5.15 Å². The summed E-state index contributed by atoms with van der Waals surface area (Å²) in [6.45, 7) is 4.00. The number of nitrogens with zero attached hydrogens (tertiary/aromatic N) is 2. The molecular formula is C8H13ClN2O2. The van der Waals surface area contributed by atoms with Gasteiger partial charge in [-0.2, -0.15) is 4.98 Å². The van der Waals surface area contributed by atoms with Gasteiger partial charge in [0.2, 0.25) is 5.75 Å². The smallest absolute Gasteiger partial charge is 0.261 e. The molecule has 13 heavy (non-hydrogen) atoms. The van der Waals surface area contributed by atoms with E-state index in [-0.39, 0.29) is 5.15 Å². The predicted octanol–water partition coefficient (Wildman–Crippen LogP) is 2.17. The molecule has 0 atom stereocenters. The van der Waals surface area contributed by atoms with E-state index in [9.17, 15) is 0 Å². The maximum absolute atomic E-state index is 5.65. The number of methoxy groups -OCH3 is 2. The summed E-state index contributed by atoms with van der Waals surface area (Å²) in [5.41, 5.74) is 0. The zero-order valence-corrected chi connectivity index (χ0v) is 8.92. The van der Waals surface area contributed by atoms with Gasteiger partial charge in [0.05, 0.1) is 14.2 Å². The van der Waals surface area contributed by atoms with Crippen molar-refractivity contribution in [3.05, 3.63) is 11.5 Å². The standard InChI is InChI=1S/C6H7ClN2O2.C2H6/c1-10-4-5(7)8-3-9-6(4)11-2;1-2/h3H,1-2H3;1-2H3. The summed E-state index contributed by atoms with van der Waals surface area (Å²) >= 11 is 5.65. The second-order valence-electron chi connectivity index (χ2n) is 1.71. The van der Waals surface area contributed by atoms with Crippen molar-refractivity contribution in [3.8, 4) is 11.6 Å². The van der Waals surface area contributed by atoms with Gasteiger partial charge in [-0.1, -0.05) is 25.4 Å². The van der Waals surface area contributed by atoms with E-state index in [1.165, 1.54) is 20.5 Å². The van der Waals surface area contributed by atoms with Crippen LogP contribution >= 0.6 is 11.6 Å². The fourth-order valence-corrected chi connectivity index (χ4v) is 0.856. The molecule has 0 bridgehead atoms. The third-order valence-electron chi connectivity index (χ3n) is 1.13. The van der Waals surface area contributed by atoms with Crippen LogP contribution in [-0.4, -0.2) is 24.2 Å². The molecule has 0 aromatic carbocycles. The minimum Gasteiger partial charge on any atom is -0.489 e. The minimum absolute atomic E-state index is 0.249. The molecule has 0 radical (unpaired) electrons. The summed E-state index contributed by atoms with van der Waals surface area (Å²) in [6, 6.07) is 0. The molecule has 1 aromatic rings. The van der Waals surface area contributed by atoms with Crippen LogP contribution in [-0.2, 0) is 0 Å². The maximum atomic E-state index is 5.65. The normalized spacial score (nSPS) is 8.38. The van der Waals surface area contributed by atoms with E-state index in [4.69, 9.17) is 21.1 Å². The molecule has 0 aliphatic heterocycles. The van der Waals surface area contributed by atoms with Crippen molar-refractivity contribution in [2.45, 2.75) is 13.8 Å². The highest BCUT2D eigenvalue weighted by Crippen LogP contribution is 2.29. The van der Waals surface area contributed by atoms with Crippen molar-refractivity contribution in [2.24, 2.45) is 0 Å². The molecule has 0 saturated carbocycles. The number of halogens is 1. The van der Waals surface area contributed by atoms with Gasteiger partial charge in [-0.05, 0) is 0 Å². The Morgan fingerprint density at radius 3 is 2.15 bits per heavy atom. The van der Waals surface area contributed by atoms with Gasteiger partial charge in [0.1, 0.15) is 6.33 Å². The van der Waals surface area contributed by atoms with Crippen molar-refractivity contribution in [1.29, 1.82) is 0 Å². The largest absolute Gasteiger partial charge is 0.489 e. The van der Waals surface area contributed by atoms with E-state index in [1.54, 1.807) is 0 Å². The quantitative estimate of drug-likeness (QED) is 0.693. The Kier molecular flexibility index (Phi) is 5.97. The number of rotatable bonds is 2. The van der Waals surface area contributed by atoms with Crippen molar-refractivity contribution in [1.82, 2.24) is 9.97 Å². The van der Waals surface area contributed by atoms with E-state index >= 15 is 0 Å². The fourth-order valence-electron chi connectivity index (χ4n) is 0.654. The topological polar surface area (TPSA) is 44.2 Å². The van der Waals surface area contributed by atoms with Crippen molar-refractivity contribution >= 4 is 11.6 Å². The van der Waals surface area contributed by atoms with E-state index in [1.807, 2.05) is 13.8 Å². The Labute approximate surface area is 82.9 Å². The van der Waals surface area contributed by atoms with Crippen LogP contribution in [0.3, 0.4) is 0 Å².